The number of aldehydes is 1. The number of rotatable bonds is 40. The van der Waals surface area contributed by atoms with Crippen molar-refractivity contribution in [1.29, 1.82) is 5.41 Å². The fourth-order valence-electron chi connectivity index (χ4n) is 9.95. The van der Waals surface area contributed by atoms with Crippen LogP contribution in [-0.2, 0) is 73.7 Å². The number of benzene rings is 2. The molecule has 0 bridgehead atoms. The zero-order chi connectivity index (χ0) is 60.7. The summed E-state index contributed by atoms with van der Waals surface area (Å²) in [5.41, 5.74) is 18.3. The first-order chi connectivity index (χ1) is 42.0. The number of nitrogens with zero attached hydrogens (tertiary/aromatic N) is 9. The van der Waals surface area contributed by atoms with Crippen molar-refractivity contribution < 1.29 is 52.0 Å². The molecule has 2 amide bonds. The first kappa shape index (κ1) is 65.4. The molecule has 2 aromatic carbocycles. The Balaban J connectivity index is 0.729. The van der Waals surface area contributed by atoms with Gasteiger partial charge in [-0.2, -0.15) is 4.98 Å². The minimum atomic E-state index is -0.319. The number of hydrogen-bond acceptors (Lipinski definition) is 24. The highest BCUT2D eigenvalue weighted by Crippen LogP contribution is 2.31. The van der Waals surface area contributed by atoms with Crippen LogP contribution in [0.2, 0.25) is 0 Å². The quantitative estimate of drug-likeness (QED) is 0.0137. The number of nitrogens with one attached hydrogen (secondary N) is 4. The molecular formula is C60H81N15O11. The average Bonchev–Trinajstić information content (AvgIpc) is 4.08. The van der Waals surface area contributed by atoms with Crippen LogP contribution >= 0.6 is 0 Å². The fourth-order valence-corrected chi connectivity index (χ4v) is 9.95. The van der Waals surface area contributed by atoms with Crippen LogP contribution in [0.25, 0.3) is 11.1 Å². The van der Waals surface area contributed by atoms with Gasteiger partial charge in [-0.1, -0.05) is 18.2 Å². The van der Waals surface area contributed by atoms with Crippen LogP contribution in [0, 0.1) is 11.3 Å². The molecule has 7 rings (SSSR count). The van der Waals surface area contributed by atoms with E-state index in [2.05, 4.69) is 63.6 Å². The molecule has 1 saturated carbocycles. The number of nitrogens with two attached hydrogens (primary N) is 2. The van der Waals surface area contributed by atoms with Crippen molar-refractivity contribution in [3.05, 3.63) is 100 Å². The summed E-state index contributed by atoms with van der Waals surface area (Å²) in [7, 11) is 1.87. The molecular weight excluding hydrogens is 1110 g/mol. The molecule has 1 fully saturated rings. The van der Waals surface area contributed by atoms with E-state index in [9.17, 15) is 19.2 Å². The lowest BCUT2D eigenvalue weighted by molar-refractivity contribution is -0.135. The summed E-state index contributed by atoms with van der Waals surface area (Å²) in [6.07, 6.45) is 15.3. The minimum absolute atomic E-state index is 0.0402. The molecule has 1 unspecified atom stereocenters. The van der Waals surface area contributed by atoms with Gasteiger partial charge in [0.1, 0.15) is 35.9 Å². The van der Waals surface area contributed by atoms with Crippen LogP contribution in [0.1, 0.15) is 84.7 Å². The first-order valence-corrected chi connectivity index (χ1v) is 29.1. The Labute approximate surface area is 500 Å². The number of carbonyl (C=O) groups excluding carboxylic acids is 4. The van der Waals surface area contributed by atoms with Crippen molar-refractivity contribution in [3.63, 3.8) is 0 Å². The highest BCUT2D eigenvalue weighted by molar-refractivity contribution is 6.17. The molecule has 2 aliphatic rings. The third-order valence-corrected chi connectivity index (χ3v) is 14.6. The molecule has 5 aromatic rings. The van der Waals surface area contributed by atoms with Gasteiger partial charge in [0.05, 0.1) is 89.0 Å². The van der Waals surface area contributed by atoms with Gasteiger partial charge in [-0.25, -0.2) is 19.9 Å². The Morgan fingerprint density at radius 3 is 2.36 bits per heavy atom. The molecule has 3 aromatic heterocycles. The average molecular weight is 1190 g/mol. The summed E-state index contributed by atoms with van der Waals surface area (Å²) < 4.78 is 38.8. The smallest absolute Gasteiger partial charge is 0.293 e. The number of likely N-dealkylation sites (N-methyl/N-ethyl adjacent to an activating group) is 1. The number of anilines is 4. The summed E-state index contributed by atoms with van der Waals surface area (Å²) in [5.74, 6) is 1.27. The largest absolute Gasteiger partial charge is 0.464 e. The monoisotopic (exact) mass is 1190 g/mol. The highest BCUT2D eigenvalue weighted by Gasteiger charge is 2.25. The predicted octanol–water partition coefficient (Wildman–Crippen LogP) is 4.43. The van der Waals surface area contributed by atoms with Crippen LogP contribution in [-0.4, -0.2) is 184 Å². The van der Waals surface area contributed by atoms with E-state index in [0.717, 1.165) is 60.6 Å². The van der Waals surface area contributed by atoms with E-state index in [1.807, 2.05) is 24.1 Å². The number of carbonyl (C=O) groups is 4. The van der Waals surface area contributed by atoms with Gasteiger partial charge in [0, 0.05) is 94.6 Å². The standard InChI is InChI=1S/C60H81N15O11/c1-64-16-19-74(60-69-35-44(36-70-60)34-67-53(78)15-22-80-23-24-81-25-26-82-27-28-83-29-30-84-49-9-4-42(5-10-49)6-11-50(14-21-76)85-41-77)20-17-66-38-48(37-65-2)58(79)75-18-13-45-31-43(3-7-47(45)39-75)33-68-57-54(56(62)71-40-72-57)55(61)46-8-12-52-51(32-46)73-59(63)86-52/h3,7-8,12,21,31-32,35-38,40-42,49-50,61,64H,2,4-6,9-11,13-20,22-30,33-34,39H2,1H3,(H2,63,73)(H,67,78)(H3,62,68,71,72)/b48-37+,61-55?,66-38?. The number of nitrogen functional groups attached to an aromatic ring is 2. The second kappa shape index (κ2) is 36.0. The lowest BCUT2D eigenvalue weighted by atomic mass is 9.84. The van der Waals surface area contributed by atoms with Gasteiger partial charge >= 0.3 is 0 Å². The van der Waals surface area contributed by atoms with Gasteiger partial charge < -0.3 is 74.9 Å². The third kappa shape index (κ3) is 21.1. The van der Waals surface area contributed by atoms with Crippen LogP contribution in [0.5, 0.6) is 0 Å². The van der Waals surface area contributed by atoms with Crippen molar-refractivity contribution in [2.45, 2.75) is 89.6 Å². The van der Waals surface area contributed by atoms with E-state index in [0.29, 0.717) is 163 Å². The third-order valence-electron chi connectivity index (χ3n) is 14.6. The van der Waals surface area contributed by atoms with E-state index in [1.165, 1.54) is 12.5 Å². The molecule has 8 N–H and O–H groups in total. The van der Waals surface area contributed by atoms with Crippen molar-refractivity contribution in [3.8, 4) is 0 Å². The predicted molar refractivity (Wildman–Crippen MR) is 325 cm³/mol. The van der Waals surface area contributed by atoms with Gasteiger partial charge in [0.25, 0.3) is 18.4 Å². The summed E-state index contributed by atoms with van der Waals surface area (Å²) >= 11 is 0. The molecule has 86 heavy (non-hydrogen) atoms. The second-order valence-corrected chi connectivity index (χ2v) is 20.6. The molecule has 26 heteroatoms. The number of aromatic nitrogens is 5. The number of fused-ring (bicyclic) bond motifs is 2. The van der Waals surface area contributed by atoms with Crippen LogP contribution in [0.3, 0.4) is 0 Å². The molecule has 0 spiro atoms. The van der Waals surface area contributed by atoms with Gasteiger partial charge in [-0.15, -0.1) is 0 Å². The van der Waals surface area contributed by atoms with E-state index in [-0.39, 0.29) is 67.6 Å². The van der Waals surface area contributed by atoms with Crippen molar-refractivity contribution in [2.75, 3.05) is 121 Å². The number of oxazole rings is 1. The number of amides is 2. The Morgan fingerprint density at radius 2 is 1.64 bits per heavy atom. The topological polar surface area (TPSA) is 344 Å². The van der Waals surface area contributed by atoms with Crippen molar-refractivity contribution in [2.24, 2.45) is 15.9 Å². The zero-order valence-electron chi connectivity index (χ0n) is 49.0. The first-order valence-electron chi connectivity index (χ1n) is 29.1. The highest BCUT2D eigenvalue weighted by atomic mass is 16.6. The van der Waals surface area contributed by atoms with E-state index in [1.54, 1.807) is 41.7 Å². The molecule has 0 saturated heterocycles. The Bertz CT molecular complexity index is 3020. The molecule has 0 radical (unpaired) electrons. The molecule has 26 nitrogen and oxygen atoms in total. The van der Waals surface area contributed by atoms with Gasteiger partial charge in [-0.3, -0.25) is 29.8 Å². The Morgan fingerprint density at radius 1 is 0.895 bits per heavy atom. The molecule has 462 valence electrons. The second-order valence-electron chi connectivity index (χ2n) is 20.6. The molecule has 1 aliphatic heterocycles. The summed E-state index contributed by atoms with van der Waals surface area (Å²) in [5, 5.41) is 18.4. The zero-order valence-corrected chi connectivity index (χ0v) is 49.0. The van der Waals surface area contributed by atoms with Crippen molar-refractivity contribution >= 4 is 77.9 Å². The summed E-state index contributed by atoms with van der Waals surface area (Å²) in [6, 6.07) is 11.3. The fraction of sp³-hybridized carbons (Fsp3) is 0.500. The maximum Gasteiger partial charge on any atom is 0.293 e. The van der Waals surface area contributed by atoms with E-state index in [4.69, 9.17) is 49.7 Å². The normalized spacial score (nSPS) is 15.5. The van der Waals surface area contributed by atoms with Crippen molar-refractivity contribution in [1.82, 2.24) is 40.5 Å². The Kier molecular flexibility index (Phi) is 27.4. The number of hydrogen-bond donors (Lipinski definition) is 6. The maximum absolute atomic E-state index is 13.9. The lowest BCUT2D eigenvalue weighted by Gasteiger charge is -2.29. The lowest BCUT2D eigenvalue weighted by Crippen LogP contribution is -2.37. The SMILES string of the molecule is C=N/C=C(\C=NCCN(CCNC)c1ncc(CNC(=O)CCOCCOCCOCCOCCOC2CCC(CCC(CC=O)OC=O)CC2)cn1)C(=O)N1CCc2cc(CNc3ncnc(N)c3C(=N)c3ccc4oc(N)nc4c3)ccc2C1. The number of ether oxygens (including phenoxy) is 6. The van der Waals surface area contributed by atoms with E-state index < -0.39 is 0 Å². The molecule has 1 atom stereocenters. The molecule has 4 heterocycles. The van der Waals surface area contributed by atoms with Gasteiger partial charge in [0.2, 0.25) is 11.9 Å². The van der Waals surface area contributed by atoms with Crippen LogP contribution < -0.4 is 32.3 Å². The molecule has 1 aliphatic carbocycles. The Hall–Kier alpha value is -8.14. The van der Waals surface area contributed by atoms with E-state index >= 15 is 0 Å². The van der Waals surface area contributed by atoms with Crippen LogP contribution in [0.4, 0.5) is 23.6 Å². The summed E-state index contributed by atoms with van der Waals surface area (Å²) in [6.45, 7) is 11.5. The van der Waals surface area contributed by atoms with Gasteiger partial charge in [0.15, 0.2) is 5.58 Å². The summed E-state index contributed by atoms with van der Waals surface area (Å²) in [4.78, 5) is 82.0. The van der Waals surface area contributed by atoms with Crippen LogP contribution in [0.15, 0.2) is 81.3 Å². The minimum Gasteiger partial charge on any atom is -0.464 e. The maximum atomic E-state index is 13.9. The number of aliphatic imine (C=N–C) groups is 2. The van der Waals surface area contributed by atoms with Gasteiger partial charge in [-0.05, 0) is 99.5 Å².